The van der Waals surface area contributed by atoms with Crippen LogP contribution in [0.25, 0.3) is 0 Å². The topological polar surface area (TPSA) is 175 Å². The molecule has 2 bridgehead atoms. The van der Waals surface area contributed by atoms with E-state index in [0.717, 1.165) is 0 Å². The van der Waals surface area contributed by atoms with Crippen molar-refractivity contribution >= 4 is 34.9 Å². The Balaban J connectivity index is 1.40. The average Bonchev–Trinajstić information content (AvgIpc) is 3.08. The molecular formula is C35H35N5O8. The lowest BCUT2D eigenvalue weighted by Gasteiger charge is -2.60. The number of hydrogen-bond acceptors (Lipinski definition) is 11. The molecule has 13 heteroatoms. The number of carbonyl (C=O) groups is 6. The summed E-state index contributed by atoms with van der Waals surface area (Å²) in [5.74, 6) is -2.85. The molecule has 248 valence electrons. The van der Waals surface area contributed by atoms with Gasteiger partial charge in [-0.2, -0.15) is 5.26 Å². The van der Waals surface area contributed by atoms with E-state index in [0.29, 0.717) is 11.1 Å². The van der Waals surface area contributed by atoms with E-state index < -0.39 is 59.4 Å². The zero-order valence-corrected chi connectivity index (χ0v) is 27.2. The number of allylic oxidation sites excluding steroid dienone is 4. The summed E-state index contributed by atoms with van der Waals surface area (Å²) in [6.45, 7) is 2.50. The van der Waals surface area contributed by atoms with Crippen molar-refractivity contribution in [3.63, 3.8) is 0 Å². The molecule has 3 aliphatic heterocycles. The van der Waals surface area contributed by atoms with Crippen molar-refractivity contribution in [2.75, 3.05) is 34.4 Å². The average molecular weight is 654 g/mol. The number of Topliss-reactive ketones (excluding diaryl/α,β-unsaturated/α-hetero) is 4. The monoisotopic (exact) mass is 653 g/mol. The highest BCUT2D eigenvalue weighted by Gasteiger charge is 2.59. The maximum absolute atomic E-state index is 14.0. The number of ether oxygens (including phenoxy) is 2. The summed E-state index contributed by atoms with van der Waals surface area (Å²) in [5, 5.41) is 16.0. The lowest BCUT2D eigenvalue weighted by atomic mass is 9.67. The van der Waals surface area contributed by atoms with Gasteiger partial charge in [0.2, 0.25) is 17.5 Å². The Bertz CT molecular complexity index is 1850. The number of piperazine rings is 1. The molecule has 1 saturated heterocycles. The van der Waals surface area contributed by atoms with Crippen LogP contribution in [-0.4, -0.2) is 109 Å². The van der Waals surface area contributed by atoms with Gasteiger partial charge < -0.3 is 20.1 Å². The minimum atomic E-state index is -0.971. The number of nitrogens with zero attached hydrogens (tertiary/aromatic N) is 3. The van der Waals surface area contributed by atoms with Gasteiger partial charge in [-0.3, -0.25) is 38.6 Å². The first-order chi connectivity index (χ1) is 23.0. The van der Waals surface area contributed by atoms with Gasteiger partial charge in [0.15, 0.2) is 23.1 Å². The Morgan fingerprint density at radius 1 is 0.854 bits per heavy atom. The Labute approximate surface area is 276 Å². The maximum Gasteiger partial charge on any atom is 0.251 e. The lowest BCUT2D eigenvalue weighted by molar-refractivity contribution is -0.126. The second kappa shape index (κ2) is 12.4. The molecule has 1 aromatic carbocycles. The quantitative estimate of drug-likeness (QED) is 0.396. The van der Waals surface area contributed by atoms with Crippen LogP contribution in [0.2, 0.25) is 0 Å². The first kappa shape index (κ1) is 32.7. The molecule has 13 nitrogen and oxygen atoms in total. The van der Waals surface area contributed by atoms with Gasteiger partial charge in [-0.05, 0) is 45.9 Å². The largest absolute Gasteiger partial charge is 0.492 e. The molecule has 0 unspecified atom stereocenters. The van der Waals surface area contributed by atoms with Gasteiger partial charge in [0.25, 0.3) is 5.91 Å². The van der Waals surface area contributed by atoms with Crippen molar-refractivity contribution in [3.8, 4) is 6.07 Å². The minimum absolute atomic E-state index is 0.00892. The number of nitriles is 1. The Kier molecular flexibility index (Phi) is 8.49. The standard InChI is InChI=1S/C35H35N5O8/c1-16-29(42)19-12-22-28-27-20(30(43)17(2)34(48-5)32(27)45)11-21(39(28)3)23(13-36)40(22)24(26(19)31(44)33(16)47-4)14-37-25(41)15-38-35(46)18-9-7-6-8-10-18/h6-10,21-24,28H,11-12,14-15H2,1-5H3,(H,37,41)(H,38,46)/t21-,22-,23-,24-,28-/m0/s1. The SMILES string of the molecule is COC1=C(C)C(=O)C2=C(C1=O)[C@@H]1[C@@H]3CC4=C(C(=O)C(OC)=C(C)C4=O)[C@H](CNC(=O)CNC(=O)c4ccccc4)N3[C@@H](C#N)[C@H](C2)N1C. The summed E-state index contributed by atoms with van der Waals surface area (Å²) in [5.41, 5.74) is 1.61. The molecule has 3 heterocycles. The normalized spacial score (nSPS) is 27.3. The number of nitrogens with one attached hydrogen (secondary N) is 2. The van der Waals surface area contributed by atoms with E-state index in [9.17, 15) is 34.0 Å². The predicted molar refractivity (Wildman–Crippen MR) is 169 cm³/mol. The molecule has 0 saturated carbocycles. The van der Waals surface area contributed by atoms with Crippen molar-refractivity contribution in [3.05, 3.63) is 80.9 Å². The number of amides is 2. The fraction of sp³-hybridized carbons (Fsp3) is 0.400. The molecule has 1 aromatic rings. The van der Waals surface area contributed by atoms with Crippen molar-refractivity contribution in [1.82, 2.24) is 20.4 Å². The summed E-state index contributed by atoms with van der Waals surface area (Å²) < 4.78 is 10.7. The fourth-order valence-corrected chi connectivity index (χ4v) is 7.94. The van der Waals surface area contributed by atoms with Gasteiger partial charge in [-0.25, -0.2) is 0 Å². The van der Waals surface area contributed by atoms with Gasteiger partial charge in [0.05, 0.1) is 38.9 Å². The van der Waals surface area contributed by atoms with E-state index in [-0.39, 0.29) is 71.1 Å². The molecular weight excluding hydrogens is 618 g/mol. The van der Waals surface area contributed by atoms with Crippen LogP contribution in [0.4, 0.5) is 0 Å². The second-order valence-corrected chi connectivity index (χ2v) is 12.5. The number of rotatable bonds is 7. The molecule has 6 rings (SSSR count). The molecule has 2 amide bonds. The number of likely N-dealkylation sites (N-methyl/N-ethyl adjacent to an activating group) is 1. The molecule has 0 radical (unpaired) electrons. The van der Waals surface area contributed by atoms with Crippen LogP contribution in [0.3, 0.4) is 0 Å². The van der Waals surface area contributed by atoms with Gasteiger partial charge in [0, 0.05) is 57.6 Å². The minimum Gasteiger partial charge on any atom is -0.492 e. The van der Waals surface area contributed by atoms with Gasteiger partial charge >= 0.3 is 0 Å². The van der Waals surface area contributed by atoms with E-state index in [1.807, 2.05) is 9.80 Å². The molecule has 48 heavy (non-hydrogen) atoms. The number of carbonyl (C=O) groups excluding carboxylic acids is 6. The first-order valence-corrected chi connectivity index (χ1v) is 15.6. The van der Waals surface area contributed by atoms with Crippen LogP contribution < -0.4 is 10.6 Å². The third-order valence-corrected chi connectivity index (χ3v) is 10.2. The number of methoxy groups -OCH3 is 2. The van der Waals surface area contributed by atoms with Gasteiger partial charge in [0.1, 0.15) is 6.04 Å². The molecule has 2 aliphatic carbocycles. The van der Waals surface area contributed by atoms with Crippen molar-refractivity contribution in [2.24, 2.45) is 0 Å². The highest BCUT2D eigenvalue weighted by Crippen LogP contribution is 2.48. The molecule has 0 spiro atoms. The highest BCUT2D eigenvalue weighted by atomic mass is 16.5. The third-order valence-electron chi connectivity index (χ3n) is 10.2. The first-order valence-electron chi connectivity index (χ1n) is 15.6. The summed E-state index contributed by atoms with van der Waals surface area (Å²) in [6.07, 6.45) is 0.114. The van der Waals surface area contributed by atoms with Crippen LogP contribution in [-0.2, 0) is 33.4 Å². The zero-order valence-electron chi connectivity index (χ0n) is 27.2. The van der Waals surface area contributed by atoms with Crippen LogP contribution in [0.15, 0.2) is 75.3 Å². The van der Waals surface area contributed by atoms with E-state index in [2.05, 4.69) is 16.7 Å². The van der Waals surface area contributed by atoms with E-state index in [4.69, 9.17) is 9.47 Å². The van der Waals surface area contributed by atoms with Crippen LogP contribution >= 0.6 is 0 Å². The van der Waals surface area contributed by atoms with Crippen LogP contribution in [0.1, 0.15) is 37.0 Å². The van der Waals surface area contributed by atoms with Crippen molar-refractivity contribution in [1.29, 1.82) is 5.26 Å². The van der Waals surface area contributed by atoms with E-state index >= 15 is 0 Å². The highest BCUT2D eigenvalue weighted by molar-refractivity contribution is 6.26. The summed E-state index contributed by atoms with van der Waals surface area (Å²) in [6, 6.07) is 6.91. The molecule has 1 fully saturated rings. The van der Waals surface area contributed by atoms with Gasteiger partial charge in [-0.1, -0.05) is 18.2 Å². The van der Waals surface area contributed by atoms with Crippen molar-refractivity contribution < 1.29 is 38.2 Å². The van der Waals surface area contributed by atoms with Crippen molar-refractivity contribution in [2.45, 2.75) is 56.9 Å². The Hall–Kier alpha value is -5.19. The molecule has 2 N–H and O–H groups in total. The molecule has 0 aromatic heterocycles. The Morgan fingerprint density at radius 2 is 1.42 bits per heavy atom. The molecule has 5 atom stereocenters. The van der Waals surface area contributed by atoms with Crippen LogP contribution in [0.5, 0.6) is 0 Å². The number of fused-ring (bicyclic) bond motifs is 5. The van der Waals surface area contributed by atoms with E-state index in [1.165, 1.54) is 21.1 Å². The predicted octanol–water partition coefficient (Wildman–Crippen LogP) is 0.692. The van der Waals surface area contributed by atoms with Gasteiger partial charge in [-0.15, -0.1) is 0 Å². The van der Waals surface area contributed by atoms with E-state index in [1.54, 1.807) is 44.3 Å². The number of hydrogen-bond donors (Lipinski definition) is 2. The fourth-order valence-electron chi connectivity index (χ4n) is 7.94. The molecule has 5 aliphatic rings. The summed E-state index contributed by atoms with van der Waals surface area (Å²) >= 11 is 0. The Morgan fingerprint density at radius 3 is 2.00 bits per heavy atom. The van der Waals surface area contributed by atoms with Crippen LogP contribution in [0, 0.1) is 11.3 Å². The summed E-state index contributed by atoms with van der Waals surface area (Å²) in [4.78, 5) is 84.7. The maximum atomic E-state index is 14.0. The summed E-state index contributed by atoms with van der Waals surface area (Å²) in [7, 11) is 4.42. The number of ketones is 4. The lowest BCUT2D eigenvalue weighted by Crippen LogP contribution is -2.74. The third kappa shape index (κ3) is 4.91. The second-order valence-electron chi connectivity index (χ2n) is 12.5. The smallest absolute Gasteiger partial charge is 0.251 e. The zero-order chi connectivity index (χ0) is 34.6. The number of benzene rings is 1.